The first-order valence-corrected chi connectivity index (χ1v) is 10.9. The minimum Gasteiger partial charge on any atom is -0.345 e. The van der Waals surface area contributed by atoms with E-state index in [0.717, 1.165) is 19.4 Å². The Labute approximate surface area is 171 Å². The summed E-state index contributed by atoms with van der Waals surface area (Å²) >= 11 is 0. The molecule has 1 atom stereocenters. The number of benzene rings is 2. The number of fused-ring (bicyclic) bond motifs is 1. The predicted octanol–water partition coefficient (Wildman–Crippen LogP) is 7.73. The largest absolute Gasteiger partial charge is 0.345 e. The molecule has 0 fully saturated rings. The van der Waals surface area contributed by atoms with Gasteiger partial charge in [0.15, 0.2) is 0 Å². The molecule has 1 heteroatoms. The number of rotatable bonds is 9. The van der Waals surface area contributed by atoms with E-state index in [2.05, 4.69) is 87.4 Å². The second-order valence-corrected chi connectivity index (χ2v) is 8.23. The number of allylic oxidation sites excluding steroid dienone is 1. The lowest BCUT2D eigenvalue weighted by Crippen LogP contribution is -2.12. The molecule has 0 N–H and O–H groups in total. The van der Waals surface area contributed by atoms with Crippen LogP contribution in [0.4, 0.5) is 0 Å². The highest BCUT2D eigenvalue weighted by Gasteiger charge is 2.19. The van der Waals surface area contributed by atoms with Crippen molar-refractivity contribution in [3.63, 3.8) is 0 Å². The van der Waals surface area contributed by atoms with Crippen molar-refractivity contribution >= 4 is 16.5 Å². The standard InChI is InChI=1S/C27H35N/c1-6-8-12-23(22(5)26-13-10-9-11-21(26)4)18-25-19-24-17-20(3)14-15-27(24)28(25)16-7-2/h9-11,13-15,17,19,23H,5-8,12,16,18H2,1-4H3. The van der Waals surface area contributed by atoms with Crippen LogP contribution in [0, 0.1) is 19.8 Å². The maximum atomic E-state index is 4.57. The van der Waals surface area contributed by atoms with Gasteiger partial charge in [0.2, 0.25) is 0 Å². The third-order valence-electron chi connectivity index (χ3n) is 5.94. The molecule has 0 aliphatic heterocycles. The third kappa shape index (κ3) is 4.41. The van der Waals surface area contributed by atoms with E-state index in [-0.39, 0.29) is 0 Å². The number of hydrogen-bond donors (Lipinski definition) is 0. The fraction of sp³-hybridized carbons (Fsp3) is 0.407. The molecule has 0 bridgehead atoms. The highest BCUT2D eigenvalue weighted by Crippen LogP contribution is 2.33. The molecular formula is C27H35N. The third-order valence-corrected chi connectivity index (χ3v) is 5.94. The maximum Gasteiger partial charge on any atom is 0.0482 e. The number of hydrogen-bond acceptors (Lipinski definition) is 0. The van der Waals surface area contributed by atoms with Crippen LogP contribution < -0.4 is 0 Å². The van der Waals surface area contributed by atoms with Crippen LogP contribution in [0.5, 0.6) is 0 Å². The van der Waals surface area contributed by atoms with E-state index in [1.807, 2.05) is 0 Å². The van der Waals surface area contributed by atoms with E-state index in [4.69, 9.17) is 0 Å². The molecule has 0 saturated heterocycles. The van der Waals surface area contributed by atoms with Crippen molar-refractivity contribution in [2.75, 3.05) is 0 Å². The molecule has 1 heterocycles. The van der Waals surface area contributed by atoms with Gasteiger partial charge in [-0.2, -0.15) is 0 Å². The van der Waals surface area contributed by atoms with Crippen molar-refractivity contribution in [2.45, 2.75) is 66.3 Å². The van der Waals surface area contributed by atoms with Gasteiger partial charge in [0.25, 0.3) is 0 Å². The fourth-order valence-corrected chi connectivity index (χ4v) is 4.36. The van der Waals surface area contributed by atoms with Crippen LogP contribution in [-0.4, -0.2) is 4.57 Å². The van der Waals surface area contributed by atoms with Gasteiger partial charge in [-0.3, -0.25) is 0 Å². The SMILES string of the molecule is C=C(c1ccccc1C)C(CCCC)Cc1cc2cc(C)ccc2n1CCC. The smallest absolute Gasteiger partial charge is 0.0482 e. The first-order valence-electron chi connectivity index (χ1n) is 10.9. The van der Waals surface area contributed by atoms with E-state index in [1.54, 1.807) is 0 Å². The minimum absolute atomic E-state index is 0.488. The Morgan fingerprint density at radius 1 is 1.00 bits per heavy atom. The molecule has 0 amide bonds. The monoisotopic (exact) mass is 373 g/mol. The van der Waals surface area contributed by atoms with Crippen LogP contribution in [-0.2, 0) is 13.0 Å². The maximum absolute atomic E-state index is 4.57. The molecule has 0 saturated carbocycles. The molecule has 1 nitrogen and oxygen atoms in total. The molecule has 3 aromatic rings. The number of aryl methyl sites for hydroxylation is 3. The number of aromatic nitrogens is 1. The minimum atomic E-state index is 0.488. The molecule has 1 aromatic heterocycles. The van der Waals surface area contributed by atoms with Crippen molar-refractivity contribution in [1.82, 2.24) is 4.57 Å². The van der Waals surface area contributed by atoms with Crippen molar-refractivity contribution in [3.8, 4) is 0 Å². The lowest BCUT2D eigenvalue weighted by Gasteiger charge is -2.22. The van der Waals surface area contributed by atoms with Gasteiger partial charge in [0.1, 0.15) is 0 Å². The highest BCUT2D eigenvalue weighted by molar-refractivity contribution is 5.82. The number of unbranched alkanes of at least 4 members (excludes halogenated alkanes) is 1. The molecule has 3 rings (SSSR count). The molecule has 1 unspecified atom stereocenters. The van der Waals surface area contributed by atoms with Crippen LogP contribution in [0.2, 0.25) is 0 Å². The average molecular weight is 374 g/mol. The average Bonchev–Trinajstić information content (AvgIpc) is 3.01. The van der Waals surface area contributed by atoms with Crippen LogP contribution >= 0.6 is 0 Å². The van der Waals surface area contributed by atoms with Crippen molar-refractivity contribution < 1.29 is 0 Å². The van der Waals surface area contributed by atoms with Gasteiger partial charge in [-0.05, 0) is 73.9 Å². The van der Waals surface area contributed by atoms with E-state index in [1.165, 1.54) is 58.1 Å². The van der Waals surface area contributed by atoms with Gasteiger partial charge >= 0.3 is 0 Å². The summed E-state index contributed by atoms with van der Waals surface area (Å²) in [5.74, 6) is 0.488. The zero-order valence-corrected chi connectivity index (χ0v) is 18.1. The molecule has 0 aliphatic carbocycles. The van der Waals surface area contributed by atoms with Gasteiger partial charge in [-0.1, -0.05) is 69.2 Å². The summed E-state index contributed by atoms with van der Waals surface area (Å²) in [5.41, 5.74) is 8.13. The Bertz CT molecular complexity index is 944. The lowest BCUT2D eigenvalue weighted by molar-refractivity contribution is 0.542. The Hall–Kier alpha value is -2.28. The van der Waals surface area contributed by atoms with E-state index >= 15 is 0 Å². The normalized spacial score (nSPS) is 12.4. The lowest BCUT2D eigenvalue weighted by atomic mass is 9.84. The molecule has 148 valence electrons. The Kier molecular flexibility index (Phi) is 6.78. The first-order chi connectivity index (χ1) is 13.5. The second kappa shape index (κ2) is 9.28. The van der Waals surface area contributed by atoms with Gasteiger partial charge in [-0.25, -0.2) is 0 Å². The summed E-state index contributed by atoms with van der Waals surface area (Å²) in [6.45, 7) is 14.6. The summed E-state index contributed by atoms with van der Waals surface area (Å²) in [5, 5.41) is 1.37. The zero-order chi connectivity index (χ0) is 20.1. The van der Waals surface area contributed by atoms with Crippen molar-refractivity contribution in [2.24, 2.45) is 5.92 Å². The number of nitrogens with zero attached hydrogens (tertiary/aromatic N) is 1. The predicted molar refractivity (Wildman–Crippen MR) is 124 cm³/mol. The van der Waals surface area contributed by atoms with E-state index in [0.29, 0.717) is 5.92 Å². The van der Waals surface area contributed by atoms with Gasteiger partial charge < -0.3 is 4.57 Å². The molecule has 0 aliphatic rings. The molecule has 2 aromatic carbocycles. The summed E-state index contributed by atoms with van der Waals surface area (Å²) in [6.07, 6.45) is 5.91. The van der Waals surface area contributed by atoms with Crippen molar-refractivity contribution in [1.29, 1.82) is 0 Å². The summed E-state index contributed by atoms with van der Waals surface area (Å²) < 4.78 is 2.54. The summed E-state index contributed by atoms with van der Waals surface area (Å²) in [6, 6.07) is 18.0. The molecule has 0 radical (unpaired) electrons. The van der Waals surface area contributed by atoms with Crippen LogP contribution in [0.1, 0.15) is 61.9 Å². The fourth-order valence-electron chi connectivity index (χ4n) is 4.36. The molecular weight excluding hydrogens is 338 g/mol. The van der Waals surface area contributed by atoms with E-state index < -0.39 is 0 Å². The van der Waals surface area contributed by atoms with Crippen LogP contribution in [0.25, 0.3) is 16.5 Å². The quantitative estimate of drug-likeness (QED) is 0.361. The Morgan fingerprint density at radius 3 is 2.50 bits per heavy atom. The molecule has 0 spiro atoms. The highest BCUT2D eigenvalue weighted by atomic mass is 15.0. The van der Waals surface area contributed by atoms with Gasteiger partial charge in [0.05, 0.1) is 0 Å². The van der Waals surface area contributed by atoms with Crippen LogP contribution in [0.3, 0.4) is 0 Å². The topological polar surface area (TPSA) is 4.93 Å². The zero-order valence-electron chi connectivity index (χ0n) is 18.1. The first kappa shape index (κ1) is 20.5. The second-order valence-electron chi connectivity index (χ2n) is 8.23. The van der Waals surface area contributed by atoms with Crippen molar-refractivity contribution in [3.05, 3.63) is 77.5 Å². The summed E-state index contributed by atoms with van der Waals surface area (Å²) in [7, 11) is 0. The van der Waals surface area contributed by atoms with E-state index in [9.17, 15) is 0 Å². The molecule has 28 heavy (non-hydrogen) atoms. The Balaban J connectivity index is 1.97. The van der Waals surface area contributed by atoms with Gasteiger partial charge in [0, 0.05) is 23.1 Å². The van der Waals surface area contributed by atoms with Gasteiger partial charge in [-0.15, -0.1) is 0 Å². The van der Waals surface area contributed by atoms with Crippen LogP contribution in [0.15, 0.2) is 55.1 Å². The summed E-state index contributed by atoms with van der Waals surface area (Å²) in [4.78, 5) is 0. The Morgan fingerprint density at radius 2 is 1.79 bits per heavy atom.